The van der Waals surface area contributed by atoms with Crippen molar-refractivity contribution in [1.29, 1.82) is 0 Å². The van der Waals surface area contributed by atoms with E-state index in [2.05, 4.69) is 37.4 Å². The molecule has 0 spiro atoms. The number of amides is 2. The Morgan fingerprint density at radius 2 is 1.75 bits per heavy atom. The molecule has 1 fully saturated rings. The first kappa shape index (κ1) is 18.5. The third kappa shape index (κ3) is 5.96. The second-order valence-corrected chi connectivity index (χ2v) is 6.66. The van der Waals surface area contributed by atoms with Crippen molar-refractivity contribution >= 4 is 11.8 Å². The smallest absolute Gasteiger partial charge is 0.223 e. The minimum Gasteiger partial charge on any atom is -0.378 e. The van der Waals surface area contributed by atoms with E-state index in [1.807, 2.05) is 6.92 Å². The molecule has 5 heteroatoms. The first-order valence-corrected chi connectivity index (χ1v) is 8.66. The number of nitrogens with one attached hydrogen (secondary N) is 1. The third-order valence-corrected chi connectivity index (χ3v) is 4.16. The zero-order chi connectivity index (χ0) is 17.5. The van der Waals surface area contributed by atoms with Gasteiger partial charge in [0, 0.05) is 32.0 Å². The maximum absolute atomic E-state index is 12.1. The molecule has 1 aliphatic heterocycles. The number of carbonyl (C=O) groups excluding carboxylic acids is 2. The monoisotopic (exact) mass is 332 g/mol. The lowest BCUT2D eigenvalue weighted by Gasteiger charge is -2.26. The number of nitrogens with zero attached hydrogens (tertiary/aromatic N) is 1. The predicted molar refractivity (Wildman–Crippen MR) is 93.9 cm³/mol. The number of carbonyl (C=O) groups is 2. The van der Waals surface area contributed by atoms with Crippen molar-refractivity contribution < 1.29 is 14.3 Å². The summed E-state index contributed by atoms with van der Waals surface area (Å²) in [4.78, 5) is 25.9. The van der Waals surface area contributed by atoms with E-state index in [0.29, 0.717) is 26.3 Å². The van der Waals surface area contributed by atoms with Crippen LogP contribution in [0, 0.1) is 13.8 Å². The van der Waals surface area contributed by atoms with Gasteiger partial charge in [-0.3, -0.25) is 9.59 Å². The van der Waals surface area contributed by atoms with Gasteiger partial charge in [-0.05, 0) is 32.8 Å². The lowest BCUT2D eigenvalue weighted by atomic mass is 10.0. The zero-order valence-electron chi connectivity index (χ0n) is 14.9. The lowest BCUT2D eigenvalue weighted by Crippen LogP contribution is -2.41. The summed E-state index contributed by atoms with van der Waals surface area (Å²) in [5.74, 6) is -0.0242. The standard InChI is InChI=1S/C19H28N2O3/c1-14-10-15(2)12-17(11-14)13-16(3)20-18(22)4-5-19(23)21-6-8-24-9-7-21/h10-12,16H,4-9,13H2,1-3H3,(H,20,22)/t16-/m1/s1. The Morgan fingerprint density at radius 1 is 1.12 bits per heavy atom. The van der Waals surface area contributed by atoms with Gasteiger partial charge in [-0.1, -0.05) is 29.3 Å². The van der Waals surface area contributed by atoms with E-state index in [-0.39, 0.29) is 30.7 Å². The molecule has 1 aromatic carbocycles. The van der Waals surface area contributed by atoms with Crippen LogP contribution in [-0.4, -0.2) is 49.1 Å². The highest BCUT2D eigenvalue weighted by molar-refractivity contribution is 5.83. The maximum Gasteiger partial charge on any atom is 0.223 e. The minimum absolute atomic E-state index is 0.0374. The fourth-order valence-electron chi connectivity index (χ4n) is 3.13. The number of hydrogen-bond donors (Lipinski definition) is 1. The highest BCUT2D eigenvalue weighted by Crippen LogP contribution is 2.11. The number of benzene rings is 1. The number of rotatable bonds is 6. The summed E-state index contributed by atoms with van der Waals surface area (Å²) in [7, 11) is 0. The molecule has 1 heterocycles. The first-order chi connectivity index (χ1) is 11.4. The van der Waals surface area contributed by atoms with E-state index >= 15 is 0 Å². The predicted octanol–water partition coefficient (Wildman–Crippen LogP) is 1.99. The van der Waals surface area contributed by atoms with E-state index in [1.165, 1.54) is 16.7 Å². The molecule has 1 N–H and O–H groups in total. The van der Waals surface area contributed by atoms with Crippen LogP contribution in [0.2, 0.25) is 0 Å². The van der Waals surface area contributed by atoms with Crippen LogP contribution in [0.25, 0.3) is 0 Å². The molecule has 1 aromatic rings. The summed E-state index contributed by atoms with van der Waals surface area (Å²) >= 11 is 0. The number of ether oxygens (including phenoxy) is 1. The van der Waals surface area contributed by atoms with Gasteiger partial charge in [-0.15, -0.1) is 0 Å². The SMILES string of the molecule is Cc1cc(C)cc(C[C@@H](C)NC(=O)CCC(=O)N2CCOCC2)c1. The Hall–Kier alpha value is -1.88. The van der Waals surface area contributed by atoms with Gasteiger partial charge in [0.2, 0.25) is 11.8 Å². The van der Waals surface area contributed by atoms with Crippen molar-refractivity contribution in [3.8, 4) is 0 Å². The van der Waals surface area contributed by atoms with Gasteiger partial charge in [0.05, 0.1) is 13.2 Å². The van der Waals surface area contributed by atoms with Crippen LogP contribution in [-0.2, 0) is 20.7 Å². The Balaban J connectivity index is 1.73. The molecule has 2 rings (SSSR count). The lowest BCUT2D eigenvalue weighted by molar-refractivity contribution is -0.137. The van der Waals surface area contributed by atoms with Crippen molar-refractivity contribution in [2.24, 2.45) is 0 Å². The van der Waals surface area contributed by atoms with Crippen molar-refractivity contribution in [3.63, 3.8) is 0 Å². The fourth-order valence-corrected chi connectivity index (χ4v) is 3.13. The quantitative estimate of drug-likeness (QED) is 0.867. The highest BCUT2D eigenvalue weighted by atomic mass is 16.5. The largest absolute Gasteiger partial charge is 0.378 e. The number of hydrogen-bond acceptors (Lipinski definition) is 3. The van der Waals surface area contributed by atoms with Crippen molar-refractivity contribution in [1.82, 2.24) is 10.2 Å². The summed E-state index contributed by atoms with van der Waals surface area (Å²) in [6.45, 7) is 8.59. The van der Waals surface area contributed by atoms with E-state index < -0.39 is 0 Å². The Kier molecular flexibility index (Phi) is 6.79. The summed E-state index contributed by atoms with van der Waals surface area (Å²) < 4.78 is 5.23. The molecular formula is C19H28N2O3. The molecule has 0 saturated carbocycles. The van der Waals surface area contributed by atoms with Crippen LogP contribution >= 0.6 is 0 Å². The second kappa shape index (κ2) is 8.83. The van der Waals surface area contributed by atoms with Crippen molar-refractivity contribution in [3.05, 3.63) is 34.9 Å². The van der Waals surface area contributed by atoms with Crippen LogP contribution in [0.1, 0.15) is 36.5 Å². The van der Waals surface area contributed by atoms with Crippen LogP contribution in [0.3, 0.4) is 0 Å². The zero-order valence-corrected chi connectivity index (χ0v) is 14.9. The average molecular weight is 332 g/mol. The molecule has 0 radical (unpaired) electrons. The molecule has 2 amide bonds. The fraction of sp³-hybridized carbons (Fsp3) is 0.579. The van der Waals surface area contributed by atoms with Crippen LogP contribution in [0.5, 0.6) is 0 Å². The van der Waals surface area contributed by atoms with E-state index in [1.54, 1.807) is 4.90 Å². The molecule has 0 bridgehead atoms. The Labute approximate surface area is 144 Å². The van der Waals surface area contributed by atoms with Gasteiger partial charge in [-0.25, -0.2) is 0 Å². The van der Waals surface area contributed by atoms with E-state index in [4.69, 9.17) is 4.74 Å². The van der Waals surface area contributed by atoms with Crippen LogP contribution in [0.4, 0.5) is 0 Å². The number of morpholine rings is 1. The minimum atomic E-state index is -0.0616. The van der Waals surface area contributed by atoms with Crippen molar-refractivity contribution in [2.45, 2.75) is 46.1 Å². The van der Waals surface area contributed by atoms with Gasteiger partial charge in [0.15, 0.2) is 0 Å². The summed E-state index contributed by atoms with van der Waals surface area (Å²) in [5, 5.41) is 2.99. The Bertz CT molecular complexity index is 560. The molecule has 1 aliphatic rings. The van der Waals surface area contributed by atoms with Crippen LogP contribution < -0.4 is 5.32 Å². The number of aryl methyl sites for hydroxylation is 2. The average Bonchev–Trinajstić information content (AvgIpc) is 2.52. The third-order valence-electron chi connectivity index (χ3n) is 4.16. The maximum atomic E-state index is 12.1. The Morgan fingerprint density at radius 3 is 2.38 bits per heavy atom. The van der Waals surface area contributed by atoms with Crippen LogP contribution in [0.15, 0.2) is 18.2 Å². The molecule has 1 saturated heterocycles. The van der Waals surface area contributed by atoms with Gasteiger partial charge in [-0.2, -0.15) is 0 Å². The topological polar surface area (TPSA) is 58.6 Å². The van der Waals surface area contributed by atoms with Crippen molar-refractivity contribution in [2.75, 3.05) is 26.3 Å². The molecule has 0 aliphatic carbocycles. The second-order valence-electron chi connectivity index (χ2n) is 6.66. The molecule has 5 nitrogen and oxygen atoms in total. The van der Waals surface area contributed by atoms with Gasteiger partial charge < -0.3 is 15.0 Å². The van der Waals surface area contributed by atoms with E-state index in [0.717, 1.165) is 6.42 Å². The van der Waals surface area contributed by atoms with Gasteiger partial charge in [0.1, 0.15) is 0 Å². The summed E-state index contributed by atoms with van der Waals surface area (Å²) in [6, 6.07) is 6.50. The molecule has 132 valence electrons. The normalized spacial score (nSPS) is 15.9. The highest BCUT2D eigenvalue weighted by Gasteiger charge is 2.18. The van der Waals surface area contributed by atoms with Gasteiger partial charge in [0.25, 0.3) is 0 Å². The molecule has 0 unspecified atom stereocenters. The summed E-state index contributed by atoms with van der Waals surface area (Å²) in [5.41, 5.74) is 3.70. The molecular weight excluding hydrogens is 304 g/mol. The molecule has 0 aromatic heterocycles. The summed E-state index contributed by atoms with van der Waals surface area (Å²) in [6.07, 6.45) is 1.31. The first-order valence-electron chi connectivity index (χ1n) is 8.66. The molecule has 1 atom stereocenters. The van der Waals surface area contributed by atoms with Gasteiger partial charge >= 0.3 is 0 Å². The molecule has 24 heavy (non-hydrogen) atoms. The van der Waals surface area contributed by atoms with E-state index in [9.17, 15) is 9.59 Å².